The molecule has 2 rings (SSSR count). The first kappa shape index (κ1) is 13.9. The second-order valence-electron chi connectivity index (χ2n) is 5.53. The Hall–Kier alpha value is -1.56. The van der Waals surface area contributed by atoms with Crippen LogP contribution in [0.25, 0.3) is 0 Å². The summed E-state index contributed by atoms with van der Waals surface area (Å²) in [6.07, 6.45) is 2.86. The Morgan fingerprint density at radius 2 is 2.42 bits per heavy atom. The fourth-order valence-corrected chi connectivity index (χ4v) is 2.51. The van der Waals surface area contributed by atoms with E-state index in [0.717, 1.165) is 37.6 Å². The highest BCUT2D eigenvalue weighted by Gasteiger charge is 2.26. The number of rotatable bonds is 4. The molecule has 1 saturated heterocycles. The van der Waals surface area contributed by atoms with E-state index in [0.29, 0.717) is 12.5 Å². The third kappa shape index (κ3) is 3.96. The summed E-state index contributed by atoms with van der Waals surface area (Å²) in [5.41, 5.74) is 1.01. The molecule has 2 heterocycles. The van der Waals surface area contributed by atoms with E-state index in [1.807, 2.05) is 11.8 Å². The molecule has 0 spiro atoms. The summed E-state index contributed by atoms with van der Waals surface area (Å²) in [4.78, 5) is 23.4. The molecule has 1 aliphatic rings. The molecule has 6 nitrogen and oxygen atoms in total. The lowest BCUT2D eigenvalue weighted by atomic mass is 10.1. The van der Waals surface area contributed by atoms with Crippen LogP contribution in [0, 0.1) is 12.8 Å². The molecule has 19 heavy (non-hydrogen) atoms. The SMILES string of the molecule is Cc1cnc(CNC(=O)N2CCC(CN(C)C)C2)[nH]1. The maximum Gasteiger partial charge on any atom is 0.317 e. The average Bonchev–Trinajstić information content (AvgIpc) is 2.95. The molecule has 1 aromatic rings. The largest absolute Gasteiger partial charge is 0.345 e. The fourth-order valence-electron chi connectivity index (χ4n) is 2.51. The number of aromatic amines is 1. The van der Waals surface area contributed by atoms with Crippen molar-refractivity contribution in [1.29, 1.82) is 0 Å². The number of nitrogens with one attached hydrogen (secondary N) is 2. The lowest BCUT2D eigenvalue weighted by Crippen LogP contribution is -2.38. The van der Waals surface area contributed by atoms with Crippen molar-refractivity contribution in [3.63, 3.8) is 0 Å². The molecule has 1 aromatic heterocycles. The van der Waals surface area contributed by atoms with E-state index < -0.39 is 0 Å². The summed E-state index contributed by atoms with van der Waals surface area (Å²) in [6, 6.07) is 0.00955. The van der Waals surface area contributed by atoms with Gasteiger partial charge in [-0.05, 0) is 33.4 Å². The van der Waals surface area contributed by atoms with Gasteiger partial charge >= 0.3 is 6.03 Å². The average molecular weight is 265 g/mol. The smallest absolute Gasteiger partial charge is 0.317 e. The first-order chi connectivity index (χ1) is 9.04. The molecule has 0 bridgehead atoms. The fraction of sp³-hybridized carbons (Fsp3) is 0.692. The van der Waals surface area contributed by atoms with Gasteiger partial charge in [-0.15, -0.1) is 0 Å². The summed E-state index contributed by atoms with van der Waals surface area (Å²) in [5.74, 6) is 1.39. The van der Waals surface area contributed by atoms with Crippen LogP contribution in [-0.4, -0.2) is 59.5 Å². The number of urea groups is 1. The van der Waals surface area contributed by atoms with E-state index in [-0.39, 0.29) is 6.03 Å². The number of aromatic nitrogens is 2. The summed E-state index contributed by atoms with van der Waals surface area (Å²) < 4.78 is 0. The second-order valence-corrected chi connectivity index (χ2v) is 5.53. The molecular formula is C13H23N5O. The van der Waals surface area contributed by atoms with Crippen molar-refractivity contribution < 1.29 is 4.79 Å². The number of H-pyrrole nitrogens is 1. The predicted octanol–water partition coefficient (Wildman–Crippen LogP) is 0.811. The normalized spacial score (nSPS) is 19.2. The van der Waals surface area contributed by atoms with E-state index in [1.165, 1.54) is 0 Å². The number of carbonyl (C=O) groups is 1. The van der Waals surface area contributed by atoms with E-state index >= 15 is 0 Å². The van der Waals surface area contributed by atoms with Crippen LogP contribution in [0.5, 0.6) is 0 Å². The Kier molecular flexibility index (Phi) is 4.42. The van der Waals surface area contributed by atoms with Crippen LogP contribution in [0.2, 0.25) is 0 Å². The number of hydrogen-bond acceptors (Lipinski definition) is 3. The minimum Gasteiger partial charge on any atom is -0.345 e. The zero-order chi connectivity index (χ0) is 13.8. The van der Waals surface area contributed by atoms with E-state index in [9.17, 15) is 4.79 Å². The first-order valence-corrected chi connectivity index (χ1v) is 6.72. The van der Waals surface area contributed by atoms with Gasteiger partial charge < -0.3 is 20.1 Å². The van der Waals surface area contributed by atoms with Crippen LogP contribution < -0.4 is 5.32 Å². The molecule has 6 heteroatoms. The van der Waals surface area contributed by atoms with Crippen molar-refractivity contribution in [3.05, 3.63) is 17.7 Å². The number of likely N-dealkylation sites (tertiary alicyclic amines) is 1. The first-order valence-electron chi connectivity index (χ1n) is 6.72. The van der Waals surface area contributed by atoms with Gasteiger partial charge in [-0.2, -0.15) is 0 Å². The van der Waals surface area contributed by atoms with Gasteiger partial charge in [-0.1, -0.05) is 0 Å². The molecule has 0 radical (unpaired) electrons. The highest BCUT2D eigenvalue weighted by molar-refractivity contribution is 5.74. The van der Waals surface area contributed by atoms with Crippen molar-refractivity contribution in [2.45, 2.75) is 19.9 Å². The molecule has 0 saturated carbocycles. The zero-order valence-electron chi connectivity index (χ0n) is 11.9. The van der Waals surface area contributed by atoms with Crippen molar-refractivity contribution in [2.75, 3.05) is 33.7 Å². The van der Waals surface area contributed by atoms with E-state index in [1.54, 1.807) is 6.20 Å². The number of hydrogen-bond donors (Lipinski definition) is 2. The van der Waals surface area contributed by atoms with Gasteiger partial charge in [0.1, 0.15) is 5.82 Å². The van der Waals surface area contributed by atoms with Gasteiger partial charge in [0.05, 0.1) is 6.54 Å². The summed E-state index contributed by atoms with van der Waals surface area (Å²) >= 11 is 0. The van der Waals surface area contributed by atoms with Crippen LogP contribution in [0.15, 0.2) is 6.20 Å². The molecule has 0 aromatic carbocycles. The summed E-state index contributed by atoms with van der Waals surface area (Å²) in [5, 5.41) is 2.91. The maximum atomic E-state index is 12.0. The van der Waals surface area contributed by atoms with Crippen LogP contribution >= 0.6 is 0 Å². The number of nitrogens with zero attached hydrogens (tertiary/aromatic N) is 3. The number of imidazole rings is 1. The lowest BCUT2D eigenvalue weighted by Gasteiger charge is -2.18. The molecule has 2 amide bonds. The third-order valence-electron chi connectivity index (χ3n) is 3.36. The van der Waals surface area contributed by atoms with Crippen molar-refractivity contribution >= 4 is 6.03 Å². The molecule has 1 aliphatic heterocycles. The minimum atomic E-state index is 0.00955. The highest BCUT2D eigenvalue weighted by Crippen LogP contribution is 2.16. The molecule has 2 N–H and O–H groups in total. The predicted molar refractivity (Wildman–Crippen MR) is 73.8 cm³/mol. The topological polar surface area (TPSA) is 64.3 Å². The maximum absolute atomic E-state index is 12.0. The van der Waals surface area contributed by atoms with Crippen molar-refractivity contribution in [2.24, 2.45) is 5.92 Å². The molecule has 106 valence electrons. The van der Waals surface area contributed by atoms with Gasteiger partial charge in [0, 0.05) is 31.5 Å². The van der Waals surface area contributed by atoms with Crippen LogP contribution in [0.1, 0.15) is 17.9 Å². The number of aryl methyl sites for hydroxylation is 1. The summed E-state index contributed by atoms with van der Waals surface area (Å²) in [6.45, 7) is 5.15. The Balaban J connectivity index is 1.75. The Bertz CT molecular complexity index is 428. The molecule has 1 atom stereocenters. The number of carbonyl (C=O) groups excluding carboxylic acids is 1. The van der Waals surface area contributed by atoms with Gasteiger partial charge in [-0.25, -0.2) is 9.78 Å². The summed E-state index contributed by atoms with van der Waals surface area (Å²) in [7, 11) is 4.14. The standard InChI is InChI=1S/C13H23N5O/c1-10-6-14-12(16-10)7-15-13(19)18-5-4-11(9-18)8-17(2)3/h6,11H,4-5,7-9H2,1-3H3,(H,14,16)(H,15,19). The highest BCUT2D eigenvalue weighted by atomic mass is 16.2. The van der Waals surface area contributed by atoms with E-state index in [4.69, 9.17) is 0 Å². The van der Waals surface area contributed by atoms with Gasteiger partial charge in [0.15, 0.2) is 0 Å². The molecule has 0 aliphatic carbocycles. The van der Waals surface area contributed by atoms with E-state index in [2.05, 4.69) is 34.3 Å². The van der Waals surface area contributed by atoms with Crippen molar-refractivity contribution in [1.82, 2.24) is 25.1 Å². The van der Waals surface area contributed by atoms with Crippen LogP contribution in [0.3, 0.4) is 0 Å². The quantitative estimate of drug-likeness (QED) is 0.847. The number of amides is 2. The van der Waals surface area contributed by atoms with Gasteiger partial charge in [0.25, 0.3) is 0 Å². The Labute approximate surface area is 114 Å². The Morgan fingerprint density at radius 1 is 1.63 bits per heavy atom. The van der Waals surface area contributed by atoms with Crippen LogP contribution in [-0.2, 0) is 6.54 Å². The van der Waals surface area contributed by atoms with Crippen LogP contribution in [0.4, 0.5) is 4.79 Å². The molecule has 1 fully saturated rings. The Morgan fingerprint density at radius 3 is 3.05 bits per heavy atom. The lowest BCUT2D eigenvalue weighted by molar-refractivity contribution is 0.204. The third-order valence-corrected chi connectivity index (χ3v) is 3.36. The zero-order valence-corrected chi connectivity index (χ0v) is 11.9. The monoisotopic (exact) mass is 265 g/mol. The molecule has 1 unspecified atom stereocenters. The van der Waals surface area contributed by atoms with Gasteiger partial charge in [-0.3, -0.25) is 0 Å². The minimum absolute atomic E-state index is 0.00955. The second kappa shape index (κ2) is 6.06. The van der Waals surface area contributed by atoms with Crippen molar-refractivity contribution in [3.8, 4) is 0 Å². The van der Waals surface area contributed by atoms with Gasteiger partial charge in [0.2, 0.25) is 0 Å². The molecular weight excluding hydrogens is 242 g/mol.